The molecule has 1 N–H and O–H groups in total. The molecular weight excluding hydrogens is 239 g/mol. The smallest absolute Gasteiger partial charge is 0.123 e. The van der Waals surface area contributed by atoms with Gasteiger partial charge in [0.1, 0.15) is 5.82 Å². The molecule has 2 atom stereocenters. The molecule has 3 heteroatoms. The molecule has 0 spiro atoms. The van der Waals surface area contributed by atoms with Crippen LogP contribution in [0, 0.1) is 5.82 Å². The molecular formula is C16H23FN2. The van der Waals surface area contributed by atoms with Crippen molar-refractivity contribution in [2.75, 3.05) is 19.6 Å². The zero-order valence-corrected chi connectivity index (χ0v) is 11.4. The Kier molecular flexibility index (Phi) is 4.14. The van der Waals surface area contributed by atoms with Crippen LogP contribution < -0.4 is 5.32 Å². The fourth-order valence-electron chi connectivity index (χ4n) is 3.54. The summed E-state index contributed by atoms with van der Waals surface area (Å²) in [7, 11) is 0. The average Bonchev–Trinajstić information content (AvgIpc) is 2.96. The number of rotatable bonds is 3. The predicted molar refractivity (Wildman–Crippen MR) is 75.6 cm³/mol. The van der Waals surface area contributed by atoms with Crippen molar-refractivity contribution in [2.24, 2.45) is 0 Å². The van der Waals surface area contributed by atoms with Crippen molar-refractivity contribution < 1.29 is 4.39 Å². The van der Waals surface area contributed by atoms with Crippen LogP contribution in [0.15, 0.2) is 24.3 Å². The molecule has 19 heavy (non-hydrogen) atoms. The van der Waals surface area contributed by atoms with Gasteiger partial charge in [0, 0.05) is 6.04 Å². The molecule has 2 nitrogen and oxygen atoms in total. The van der Waals surface area contributed by atoms with Gasteiger partial charge in [0.15, 0.2) is 0 Å². The SMILES string of the molecule is Fc1ccc(C(C2CCCN2)N2CCCCC2)cc1. The van der Waals surface area contributed by atoms with Crippen LogP contribution in [0.2, 0.25) is 0 Å². The van der Waals surface area contributed by atoms with Gasteiger partial charge in [-0.25, -0.2) is 4.39 Å². The van der Waals surface area contributed by atoms with E-state index in [1.165, 1.54) is 50.8 Å². The third kappa shape index (κ3) is 2.98. The second kappa shape index (κ2) is 6.02. The first kappa shape index (κ1) is 13.1. The molecule has 2 fully saturated rings. The van der Waals surface area contributed by atoms with Crippen LogP contribution in [-0.2, 0) is 0 Å². The monoisotopic (exact) mass is 262 g/mol. The summed E-state index contributed by atoms with van der Waals surface area (Å²) in [6, 6.07) is 8.08. The number of halogens is 1. The highest BCUT2D eigenvalue weighted by Gasteiger charge is 2.31. The quantitative estimate of drug-likeness (QED) is 0.900. The van der Waals surface area contributed by atoms with Gasteiger partial charge in [0.2, 0.25) is 0 Å². The number of likely N-dealkylation sites (tertiary alicyclic amines) is 1. The lowest BCUT2D eigenvalue weighted by atomic mass is 9.94. The lowest BCUT2D eigenvalue weighted by molar-refractivity contribution is 0.136. The first-order valence-electron chi connectivity index (χ1n) is 7.57. The van der Waals surface area contributed by atoms with E-state index >= 15 is 0 Å². The second-order valence-electron chi connectivity index (χ2n) is 5.80. The van der Waals surface area contributed by atoms with Gasteiger partial charge in [-0.05, 0) is 63.0 Å². The van der Waals surface area contributed by atoms with Crippen LogP contribution in [0.25, 0.3) is 0 Å². The van der Waals surface area contributed by atoms with Gasteiger partial charge in [0.25, 0.3) is 0 Å². The van der Waals surface area contributed by atoms with Crippen LogP contribution in [-0.4, -0.2) is 30.6 Å². The Bertz CT molecular complexity index is 392. The topological polar surface area (TPSA) is 15.3 Å². The van der Waals surface area contributed by atoms with Gasteiger partial charge in [-0.3, -0.25) is 4.90 Å². The summed E-state index contributed by atoms with van der Waals surface area (Å²) in [5, 5.41) is 3.63. The molecule has 104 valence electrons. The number of nitrogens with one attached hydrogen (secondary N) is 1. The number of benzene rings is 1. The minimum atomic E-state index is -0.138. The Balaban J connectivity index is 1.83. The summed E-state index contributed by atoms with van der Waals surface area (Å²) in [5.41, 5.74) is 1.27. The lowest BCUT2D eigenvalue weighted by Crippen LogP contribution is -2.43. The largest absolute Gasteiger partial charge is 0.312 e. The van der Waals surface area contributed by atoms with Crippen molar-refractivity contribution in [2.45, 2.75) is 44.2 Å². The third-order valence-corrected chi connectivity index (χ3v) is 4.48. The third-order valence-electron chi connectivity index (χ3n) is 4.48. The van der Waals surface area contributed by atoms with Crippen molar-refractivity contribution in [3.05, 3.63) is 35.6 Å². The van der Waals surface area contributed by atoms with Crippen LogP contribution in [0.5, 0.6) is 0 Å². The van der Waals surface area contributed by atoms with Crippen LogP contribution in [0.4, 0.5) is 4.39 Å². The normalized spacial score (nSPS) is 26.5. The van der Waals surface area contributed by atoms with E-state index in [9.17, 15) is 4.39 Å². The molecule has 0 amide bonds. The second-order valence-corrected chi connectivity index (χ2v) is 5.80. The summed E-state index contributed by atoms with van der Waals surface area (Å²) in [4.78, 5) is 2.60. The van der Waals surface area contributed by atoms with Crippen molar-refractivity contribution in [1.29, 1.82) is 0 Å². The minimum absolute atomic E-state index is 0.138. The standard InChI is InChI=1S/C16H23FN2/c17-14-8-6-13(7-9-14)16(15-5-4-10-18-15)19-11-2-1-3-12-19/h6-9,15-16,18H,1-5,10-12H2. The Morgan fingerprint density at radius 1 is 1.05 bits per heavy atom. The Morgan fingerprint density at radius 2 is 1.79 bits per heavy atom. The van der Waals surface area contributed by atoms with E-state index in [1.807, 2.05) is 12.1 Å². The zero-order chi connectivity index (χ0) is 13.1. The number of hydrogen-bond donors (Lipinski definition) is 1. The number of hydrogen-bond acceptors (Lipinski definition) is 2. The van der Waals surface area contributed by atoms with Crippen LogP contribution >= 0.6 is 0 Å². The molecule has 3 rings (SSSR count). The van der Waals surface area contributed by atoms with Gasteiger partial charge in [-0.15, -0.1) is 0 Å². The molecule has 1 aromatic carbocycles. The number of nitrogens with zero attached hydrogens (tertiary/aromatic N) is 1. The van der Waals surface area contributed by atoms with E-state index < -0.39 is 0 Å². The Hall–Kier alpha value is -0.930. The van der Waals surface area contributed by atoms with Gasteiger partial charge < -0.3 is 5.32 Å². The van der Waals surface area contributed by atoms with E-state index in [1.54, 1.807) is 12.1 Å². The number of piperidine rings is 1. The van der Waals surface area contributed by atoms with E-state index in [0.717, 1.165) is 6.54 Å². The molecule has 2 saturated heterocycles. The fourth-order valence-corrected chi connectivity index (χ4v) is 3.54. The first-order valence-corrected chi connectivity index (χ1v) is 7.57. The van der Waals surface area contributed by atoms with Gasteiger partial charge in [0.05, 0.1) is 6.04 Å². The molecule has 2 unspecified atom stereocenters. The maximum atomic E-state index is 13.1. The van der Waals surface area contributed by atoms with Crippen molar-refractivity contribution in [1.82, 2.24) is 10.2 Å². The van der Waals surface area contributed by atoms with Crippen LogP contribution in [0.1, 0.15) is 43.7 Å². The highest BCUT2D eigenvalue weighted by atomic mass is 19.1. The maximum absolute atomic E-state index is 13.1. The fraction of sp³-hybridized carbons (Fsp3) is 0.625. The summed E-state index contributed by atoms with van der Waals surface area (Å²) in [6.45, 7) is 3.48. The molecule has 0 bridgehead atoms. The molecule has 0 aliphatic carbocycles. The molecule has 0 radical (unpaired) electrons. The Labute approximate surface area is 115 Å². The molecule has 1 aromatic rings. The molecule has 2 aliphatic rings. The van der Waals surface area contributed by atoms with E-state index in [-0.39, 0.29) is 5.82 Å². The molecule has 2 heterocycles. The molecule has 0 saturated carbocycles. The van der Waals surface area contributed by atoms with Crippen molar-refractivity contribution >= 4 is 0 Å². The average molecular weight is 262 g/mol. The lowest BCUT2D eigenvalue weighted by Gasteiger charge is -2.38. The van der Waals surface area contributed by atoms with E-state index in [0.29, 0.717) is 12.1 Å². The van der Waals surface area contributed by atoms with Gasteiger partial charge in [-0.1, -0.05) is 18.6 Å². The highest BCUT2D eigenvalue weighted by molar-refractivity contribution is 5.22. The van der Waals surface area contributed by atoms with Crippen molar-refractivity contribution in [3.63, 3.8) is 0 Å². The summed E-state index contributed by atoms with van der Waals surface area (Å²) < 4.78 is 13.1. The summed E-state index contributed by atoms with van der Waals surface area (Å²) in [6.07, 6.45) is 6.44. The van der Waals surface area contributed by atoms with E-state index in [2.05, 4.69) is 10.2 Å². The summed E-state index contributed by atoms with van der Waals surface area (Å²) >= 11 is 0. The highest BCUT2D eigenvalue weighted by Crippen LogP contribution is 2.31. The maximum Gasteiger partial charge on any atom is 0.123 e. The van der Waals surface area contributed by atoms with Gasteiger partial charge in [-0.2, -0.15) is 0 Å². The zero-order valence-electron chi connectivity index (χ0n) is 11.4. The van der Waals surface area contributed by atoms with E-state index in [4.69, 9.17) is 0 Å². The van der Waals surface area contributed by atoms with Crippen molar-refractivity contribution in [3.8, 4) is 0 Å². The Morgan fingerprint density at radius 3 is 2.42 bits per heavy atom. The summed E-state index contributed by atoms with van der Waals surface area (Å²) in [5.74, 6) is -0.138. The first-order chi connectivity index (χ1) is 9.34. The predicted octanol–water partition coefficient (Wildman–Crippen LogP) is 3.10. The molecule has 0 aromatic heterocycles. The van der Waals surface area contributed by atoms with Gasteiger partial charge >= 0.3 is 0 Å². The molecule has 2 aliphatic heterocycles. The minimum Gasteiger partial charge on any atom is -0.312 e. The van der Waals surface area contributed by atoms with Crippen LogP contribution in [0.3, 0.4) is 0 Å².